The van der Waals surface area contributed by atoms with E-state index >= 15 is 0 Å². The van der Waals surface area contributed by atoms with Crippen LogP contribution in [0.5, 0.6) is 0 Å². The van der Waals surface area contributed by atoms with Crippen LogP contribution in [0.1, 0.15) is 28.9 Å². The van der Waals surface area contributed by atoms with E-state index < -0.39 is 6.10 Å². The number of aryl methyl sites for hydroxylation is 2. The maximum atomic E-state index is 9.96. The lowest BCUT2D eigenvalue weighted by Crippen LogP contribution is -2.03. The van der Waals surface area contributed by atoms with E-state index in [1.165, 1.54) is 4.88 Å². The van der Waals surface area contributed by atoms with E-state index in [4.69, 9.17) is 0 Å². The molecule has 4 heteroatoms. The Balaban J connectivity index is 1.95. The van der Waals surface area contributed by atoms with E-state index in [2.05, 4.69) is 21.4 Å². The SMILES string of the molecule is Cc1nccc(C(O)CCc2cccs2)n1. The van der Waals surface area contributed by atoms with Crippen LogP contribution in [0.25, 0.3) is 0 Å². The Hall–Kier alpha value is -1.26. The van der Waals surface area contributed by atoms with Gasteiger partial charge < -0.3 is 5.11 Å². The van der Waals surface area contributed by atoms with E-state index in [-0.39, 0.29) is 0 Å². The molecule has 3 nitrogen and oxygen atoms in total. The maximum absolute atomic E-state index is 9.96. The van der Waals surface area contributed by atoms with E-state index in [0.717, 1.165) is 6.42 Å². The van der Waals surface area contributed by atoms with Gasteiger partial charge in [-0.1, -0.05) is 6.07 Å². The summed E-state index contributed by atoms with van der Waals surface area (Å²) < 4.78 is 0. The van der Waals surface area contributed by atoms with Crippen LogP contribution in [0.4, 0.5) is 0 Å². The quantitative estimate of drug-likeness (QED) is 0.884. The molecule has 0 aliphatic rings. The molecule has 1 N–H and O–H groups in total. The highest BCUT2D eigenvalue weighted by molar-refractivity contribution is 7.09. The van der Waals surface area contributed by atoms with Gasteiger partial charge in [-0.05, 0) is 37.3 Å². The lowest BCUT2D eigenvalue weighted by atomic mass is 10.1. The van der Waals surface area contributed by atoms with Crippen molar-refractivity contribution in [2.24, 2.45) is 0 Å². The fourth-order valence-corrected chi connectivity index (χ4v) is 2.27. The molecule has 2 aromatic rings. The molecule has 2 aromatic heterocycles. The van der Waals surface area contributed by atoms with E-state index in [9.17, 15) is 5.11 Å². The van der Waals surface area contributed by atoms with Crippen molar-refractivity contribution >= 4 is 11.3 Å². The van der Waals surface area contributed by atoms with Gasteiger partial charge in [-0.3, -0.25) is 0 Å². The summed E-state index contributed by atoms with van der Waals surface area (Å²) in [4.78, 5) is 9.52. The Labute approximate surface area is 98.8 Å². The summed E-state index contributed by atoms with van der Waals surface area (Å²) in [6.45, 7) is 1.83. The topological polar surface area (TPSA) is 46.0 Å². The highest BCUT2D eigenvalue weighted by atomic mass is 32.1. The molecule has 0 saturated carbocycles. The molecule has 0 bridgehead atoms. The zero-order chi connectivity index (χ0) is 11.4. The fraction of sp³-hybridized carbons (Fsp3) is 0.333. The molecular weight excluding hydrogens is 220 g/mol. The Morgan fingerprint density at radius 3 is 3.00 bits per heavy atom. The Kier molecular flexibility index (Phi) is 3.64. The monoisotopic (exact) mass is 234 g/mol. The molecular formula is C12H14N2OS. The van der Waals surface area contributed by atoms with Crippen LogP contribution in [-0.4, -0.2) is 15.1 Å². The van der Waals surface area contributed by atoms with Crippen molar-refractivity contribution in [3.8, 4) is 0 Å². The third-order valence-corrected chi connectivity index (χ3v) is 3.32. The average molecular weight is 234 g/mol. The van der Waals surface area contributed by atoms with Crippen LogP contribution in [-0.2, 0) is 6.42 Å². The van der Waals surface area contributed by atoms with Gasteiger partial charge in [-0.2, -0.15) is 0 Å². The summed E-state index contributed by atoms with van der Waals surface area (Å²) in [6, 6.07) is 5.88. The number of nitrogens with zero attached hydrogens (tertiary/aromatic N) is 2. The van der Waals surface area contributed by atoms with Gasteiger partial charge in [-0.15, -0.1) is 11.3 Å². The summed E-state index contributed by atoms with van der Waals surface area (Å²) in [7, 11) is 0. The van der Waals surface area contributed by atoms with Gasteiger partial charge >= 0.3 is 0 Å². The summed E-state index contributed by atoms with van der Waals surface area (Å²) in [6.07, 6.45) is 2.79. The summed E-state index contributed by atoms with van der Waals surface area (Å²) in [5, 5.41) is 12.0. The number of hydrogen-bond donors (Lipinski definition) is 1. The van der Waals surface area contributed by atoms with Crippen LogP contribution in [0.3, 0.4) is 0 Å². The van der Waals surface area contributed by atoms with Crippen LogP contribution in [0, 0.1) is 6.92 Å². The molecule has 0 aliphatic heterocycles. The zero-order valence-electron chi connectivity index (χ0n) is 9.13. The zero-order valence-corrected chi connectivity index (χ0v) is 9.94. The van der Waals surface area contributed by atoms with Crippen molar-refractivity contribution in [2.75, 3.05) is 0 Å². The second-order valence-electron chi connectivity index (χ2n) is 3.66. The Morgan fingerprint density at radius 2 is 2.31 bits per heavy atom. The molecule has 1 atom stereocenters. The van der Waals surface area contributed by atoms with Gasteiger partial charge in [0.15, 0.2) is 0 Å². The Bertz CT molecular complexity index is 442. The van der Waals surface area contributed by atoms with Gasteiger partial charge in [-0.25, -0.2) is 9.97 Å². The molecule has 1 unspecified atom stereocenters. The predicted octanol–water partition coefficient (Wildman–Crippen LogP) is 2.51. The lowest BCUT2D eigenvalue weighted by molar-refractivity contribution is 0.163. The number of thiophene rings is 1. The third-order valence-electron chi connectivity index (χ3n) is 2.38. The van der Waals surface area contributed by atoms with Crippen molar-refractivity contribution in [2.45, 2.75) is 25.9 Å². The summed E-state index contributed by atoms with van der Waals surface area (Å²) in [5.41, 5.74) is 0.712. The van der Waals surface area contributed by atoms with Gasteiger partial charge in [0, 0.05) is 11.1 Å². The highest BCUT2D eigenvalue weighted by Gasteiger charge is 2.09. The number of hydrogen-bond acceptors (Lipinski definition) is 4. The largest absolute Gasteiger partial charge is 0.387 e. The average Bonchev–Trinajstić information content (AvgIpc) is 2.78. The van der Waals surface area contributed by atoms with Crippen molar-refractivity contribution in [1.29, 1.82) is 0 Å². The molecule has 84 valence electrons. The maximum Gasteiger partial charge on any atom is 0.125 e. The van der Waals surface area contributed by atoms with Crippen LogP contribution < -0.4 is 0 Å². The minimum atomic E-state index is -0.496. The first kappa shape index (κ1) is 11.2. The second-order valence-corrected chi connectivity index (χ2v) is 4.69. The van der Waals surface area contributed by atoms with Crippen LogP contribution in [0.2, 0.25) is 0 Å². The number of aliphatic hydroxyl groups is 1. The van der Waals surface area contributed by atoms with Crippen LogP contribution in [0.15, 0.2) is 29.8 Å². The second kappa shape index (κ2) is 5.18. The van der Waals surface area contributed by atoms with Gasteiger partial charge in [0.05, 0.1) is 11.8 Å². The Morgan fingerprint density at radius 1 is 1.44 bits per heavy atom. The predicted molar refractivity (Wildman–Crippen MR) is 64.4 cm³/mol. The van der Waals surface area contributed by atoms with Crippen molar-refractivity contribution in [1.82, 2.24) is 9.97 Å². The van der Waals surface area contributed by atoms with E-state index in [1.807, 2.05) is 13.0 Å². The van der Waals surface area contributed by atoms with Crippen molar-refractivity contribution in [3.63, 3.8) is 0 Å². The summed E-state index contributed by atoms with van der Waals surface area (Å²) >= 11 is 1.72. The highest BCUT2D eigenvalue weighted by Crippen LogP contribution is 2.19. The van der Waals surface area contributed by atoms with Gasteiger partial charge in [0.1, 0.15) is 5.82 Å². The van der Waals surface area contributed by atoms with E-state index in [0.29, 0.717) is 17.9 Å². The lowest BCUT2D eigenvalue weighted by Gasteiger charge is -2.09. The molecule has 0 aliphatic carbocycles. The van der Waals surface area contributed by atoms with Gasteiger partial charge in [0.2, 0.25) is 0 Å². The molecule has 16 heavy (non-hydrogen) atoms. The smallest absolute Gasteiger partial charge is 0.125 e. The first-order valence-electron chi connectivity index (χ1n) is 5.25. The molecule has 0 aromatic carbocycles. The molecule has 2 rings (SSSR count). The van der Waals surface area contributed by atoms with Crippen molar-refractivity contribution in [3.05, 3.63) is 46.2 Å². The minimum Gasteiger partial charge on any atom is -0.387 e. The molecule has 0 saturated heterocycles. The number of rotatable bonds is 4. The molecule has 2 heterocycles. The number of aromatic nitrogens is 2. The van der Waals surface area contributed by atoms with Crippen molar-refractivity contribution < 1.29 is 5.11 Å². The third kappa shape index (κ3) is 2.87. The molecule has 0 radical (unpaired) electrons. The fourth-order valence-electron chi connectivity index (χ4n) is 1.54. The molecule has 0 fully saturated rings. The first-order valence-corrected chi connectivity index (χ1v) is 6.13. The van der Waals surface area contributed by atoms with Gasteiger partial charge in [0.25, 0.3) is 0 Å². The van der Waals surface area contributed by atoms with E-state index in [1.54, 1.807) is 23.6 Å². The number of aliphatic hydroxyl groups excluding tert-OH is 1. The minimum absolute atomic E-state index is 0.496. The molecule has 0 spiro atoms. The molecule has 0 amide bonds. The van der Waals surface area contributed by atoms with Crippen LogP contribution >= 0.6 is 11.3 Å². The summed E-state index contributed by atoms with van der Waals surface area (Å²) in [5.74, 6) is 0.702. The normalized spacial score (nSPS) is 12.6. The standard InChI is InChI=1S/C12H14N2OS/c1-9-13-7-6-11(14-9)12(15)5-4-10-3-2-8-16-10/h2-3,6-8,12,15H,4-5H2,1H3. The first-order chi connectivity index (χ1) is 7.75.